The fourth-order valence-electron chi connectivity index (χ4n) is 3.62. The highest BCUT2D eigenvalue weighted by molar-refractivity contribution is 5.93. The van der Waals surface area contributed by atoms with E-state index in [9.17, 15) is 29.1 Å². The number of rotatable bonds is 8. The van der Waals surface area contributed by atoms with Gasteiger partial charge in [0.15, 0.2) is 0 Å². The summed E-state index contributed by atoms with van der Waals surface area (Å²) < 4.78 is 0. The van der Waals surface area contributed by atoms with Gasteiger partial charge in [-0.1, -0.05) is 0 Å². The first-order chi connectivity index (χ1) is 13.2. The zero-order valence-electron chi connectivity index (χ0n) is 15.6. The van der Waals surface area contributed by atoms with Gasteiger partial charge in [0.05, 0.1) is 12.6 Å². The molecule has 2 aliphatic rings. The van der Waals surface area contributed by atoms with Gasteiger partial charge in [0.25, 0.3) is 0 Å². The van der Waals surface area contributed by atoms with Gasteiger partial charge >= 0.3 is 5.97 Å². The number of hydrogen-bond donors (Lipinski definition) is 4. The van der Waals surface area contributed by atoms with Crippen LogP contribution in [-0.4, -0.2) is 82.3 Å². The van der Waals surface area contributed by atoms with Crippen LogP contribution in [0.4, 0.5) is 0 Å². The molecule has 0 aromatic heterocycles. The van der Waals surface area contributed by atoms with Crippen molar-refractivity contribution < 1.29 is 29.1 Å². The Morgan fingerprint density at radius 3 is 2.25 bits per heavy atom. The summed E-state index contributed by atoms with van der Waals surface area (Å²) in [5.41, 5.74) is 10.7. The lowest BCUT2D eigenvalue weighted by Gasteiger charge is -2.30. The number of carbonyl (C=O) groups excluding carboxylic acids is 4. The van der Waals surface area contributed by atoms with E-state index >= 15 is 0 Å². The molecule has 2 saturated heterocycles. The lowest BCUT2D eigenvalue weighted by Crippen LogP contribution is -2.53. The molecule has 0 aliphatic carbocycles. The van der Waals surface area contributed by atoms with Crippen molar-refractivity contribution in [3.05, 3.63) is 0 Å². The SMILES string of the molecule is NC(=O)CCC(N)C(=O)NCC(=O)N1CCCC1C(=O)N1CCCC1C(=O)O. The number of carboxylic acid groups (broad SMARTS) is 1. The molecule has 2 fully saturated rings. The summed E-state index contributed by atoms with van der Waals surface area (Å²) >= 11 is 0. The molecule has 0 radical (unpaired) electrons. The van der Waals surface area contributed by atoms with Crippen molar-refractivity contribution in [2.45, 2.75) is 56.7 Å². The molecule has 0 aromatic carbocycles. The van der Waals surface area contributed by atoms with Gasteiger partial charge in [0.2, 0.25) is 23.6 Å². The Kier molecular flexibility index (Phi) is 7.32. The molecule has 0 spiro atoms. The third-order valence-corrected chi connectivity index (χ3v) is 5.13. The predicted octanol–water partition coefficient (Wildman–Crippen LogP) is -2.24. The van der Waals surface area contributed by atoms with E-state index in [1.54, 1.807) is 0 Å². The number of carboxylic acids is 1. The van der Waals surface area contributed by atoms with Crippen LogP contribution in [0.15, 0.2) is 0 Å². The number of nitrogens with zero attached hydrogens (tertiary/aromatic N) is 2. The van der Waals surface area contributed by atoms with E-state index in [1.807, 2.05) is 0 Å². The van der Waals surface area contributed by atoms with Crippen LogP contribution in [0.2, 0.25) is 0 Å². The van der Waals surface area contributed by atoms with Crippen molar-refractivity contribution in [1.82, 2.24) is 15.1 Å². The lowest BCUT2D eigenvalue weighted by molar-refractivity contribution is -0.151. The largest absolute Gasteiger partial charge is 0.480 e. The molecule has 3 unspecified atom stereocenters. The van der Waals surface area contributed by atoms with Crippen LogP contribution < -0.4 is 16.8 Å². The average molecular weight is 397 g/mol. The molecule has 0 saturated carbocycles. The first-order valence-electron chi connectivity index (χ1n) is 9.36. The first-order valence-corrected chi connectivity index (χ1v) is 9.36. The maximum atomic E-state index is 12.8. The molecule has 11 nitrogen and oxygen atoms in total. The van der Waals surface area contributed by atoms with Crippen molar-refractivity contribution >= 4 is 29.6 Å². The van der Waals surface area contributed by atoms with Gasteiger partial charge in [0.1, 0.15) is 12.1 Å². The molecular formula is C17H27N5O6. The summed E-state index contributed by atoms with van der Waals surface area (Å²) in [5, 5.41) is 11.7. The topological polar surface area (TPSA) is 176 Å². The highest BCUT2D eigenvalue weighted by Crippen LogP contribution is 2.25. The third-order valence-electron chi connectivity index (χ3n) is 5.13. The van der Waals surface area contributed by atoms with Crippen LogP contribution in [0.5, 0.6) is 0 Å². The van der Waals surface area contributed by atoms with E-state index in [4.69, 9.17) is 11.5 Å². The normalized spacial score (nSPS) is 22.8. The zero-order valence-corrected chi connectivity index (χ0v) is 15.6. The Hall–Kier alpha value is -2.69. The summed E-state index contributed by atoms with van der Waals surface area (Å²) in [6, 6.07) is -2.53. The van der Waals surface area contributed by atoms with Crippen molar-refractivity contribution in [3.63, 3.8) is 0 Å². The van der Waals surface area contributed by atoms with E-state index in [2.05, 4.69) is 5.32 Å². The van der Waals surface area contributed by atoms with Crippen LogP contribution in [0.1, 0.15) is 38.5 Å². The molecule has 11 heteroatoms. The Balaban J connectivity index is 1.90. The monoisotopic (exact) mass is 397 g/mol. The fraction of sp³-hybridized carbons (Fsp3) is 0.706. The minimum Gasteiger partial charge on any atom is -0.480 e. The number of nitrogens with one attached hydrogen (secondary N) is 1. The molecule has 3 atom stereocenters. The van der Waals surface area contributed by atoms with Gasteiger partial charge in [-0.3, -0.25) is 19.2 Å². The number of primary amides is 1. The standard InChI is InChI=1S/C17H27N5O6/c18-10(5-6-13(19)23)15(25)20-9-14(24)21-7-1-3-11(21)16(26)22-8-2-4-12(22)17(27)28/h10-12H,1-9,18H2,(H2,19,23)(H,20,25)(H,27,28). The number of amides is 4. The van der Waals surface area contributed by atoms with Gasteiger partial charge in [-0.15, -0.1) is 0 Å². The van der Waals surface area contributed by atoms with Gasteiger partial charge in [-0.05, 0) is 32.1 Å². The predicted molar refractivity (Wildman–Crippen MR) is 96.5 cm³/mol. The number of carbonyl (C=O) groups is 5. The fourth-order valence-corrected chi connectivity index (χ4v) is 3.62. The van der Waals surface area contributed by atoms with E-state index in [-0.39, 0.29) is 25.3 Å². The molecule has 28 heavy (non-hydrogen) atoms. The van der Waals surface area contributed by atoms with Crippen molar-refractivity contribution in [2.75, 3.05) is 19.6 Å². The molecule has 4 amide bonds. The van der Waals surface area contributed by atoms with E-state index in [0.717, 1.165) is 0 Å². The minimum absolute atomic E-state index is 0.0359. The molecule has 156 valence electrons. The summed E-state index contributed by atoms with van der Waals surface area (Å²) in [5.74, 6) is -2.99. The summed E-state index contributed by atoms with van der Waals surface area (Å²) in [4.78, 5) is 62.0. The van der Waals surface area contributed by atoms with E-state index in [0.29, 0.717) is 38.8 Å². The second-order valence-corrected chi connectivity index (χ2v) is 7.10. The van der Waals surface area contributed by atoms with E-state index < -0.39 is 41.8 Å². The van der Waals surface area contributed by atoms with Gasteiger partial charge in [0, 0.05) is 19.5 Å². The highest BCUT2D eigenvalue weighted by atomic mass is 16.4. The molecule has 2 heterocycles. The lowest BCUT2D eigenvalue weighted by atomic mass is 10.1. The maximum Gasteiger partial charge on any atom is 0.326 e. The highest BCUT2D eigenvalue weighted by Gasteiger charge is 2.42. The number of likely N-dealkylation sites (tertiary alicyclic amines) is 2. The Bertz CT molecular complexity index is 654. The minimum atomic E-state index is -1.04. The van der Waals surface area contributed by atoms with Gasteiger partial charge < -0.3 is 31.7 Å². The van der Waals surface area contributed by atoms with Crippen molar-refractivity contribution in [3.8, 4) is 0 Å². The van der Waals surface area contributed by atoms with Crippen LogP contribution in [-0.2, 0) is 24.0 Å². The van der Waals surface area contributed by atoms with Crippen molar-refractivity contribution in [2.24, 2.45) is 11.5 Å². The third kappa shape index (κ3) is 5.18. The number of hydrogen-bond acceptors (Lipinski definition) is 6. The zero-order chi connectivity index (χ0) is 20.8. The van der Waals surface area contributed by atoms with Crippen molar-refractivity contribution in [1.29, 1.82) is 0 Å². The average Bonchev–Trinajstić information content (AvgIpc) is 3.32. The second-order valence-electron chi connectivity index (χ2n) is 7.10. The quantitative estimate of drug-likeness (QED) is 0.358. The first kappa shape index (κ1) is 21.6. The Morgan fingerprint density at radius 1 is 1.04 bits per heavy atom. The van der Waals surface area contributed by atoms with Gasteiger partial charge in [-0.2, -0.15) is 0 Å². The van der Waals surface area contributed by atoms with Crippen LogP contribution >= 0.6 is 0 Å². The molecule has 0 bridgehead atoms. The van der Waals surface area contributed by atoms with Crippen LogP contribution in [0.3, 0.4) is 0 Å². The number of aliphatic carboxylic acids is 1. The molecule has 0 aromatic rings. The summed E-state index contributed by atoms with van der Waals surface area (Å²) in [7, 11) is 0. The molecule has 2 aliphatic heterocycles. The summed E-state index contributed by atoms with van der Waals surface area (Å²) in [6.07, 6.45) is 2.14. The Morgan fingerprint density at radius 2 is 1.64 bits per heavy atom. The van der Waals surface area contributed by atoms with Crippen LogP contribution in [0, 0.1) is 0 Å². The van der Waals surface area contributed by atoms with E-state index in [1.165, 1.54) is 9.80 Å². The van der Waals surface area contributed by atoms with Crippen LogP contribution in [0.25, 0.3) is 0 Å². The molecule has 2 rings (SSSR count). The molecular weight excluding hydrogens is 370 g/mol. The summed E-state index contributed by atoms with van der Waals surface area (Å²) in [6.45, 7) is 0.402. The Labute approximate surface area is 162 Å². The molecule has 6 N–H and O–H groups in total. The maximum absolute atomic E-state index is 12.8. The van der Waals surface area contributed by atoms with Gasteiger partial charge in [-0.25, -0.2) is 4.79 Å². The number of nitrogens with two attached hydrogens (primary N) is 2. The second kappa shape index (κ2) is 9.49. The smallest absolute Gasteiger partial charge is 0.326 e.